The summed E-state index contributed by atoms with van der Waals surface area (Å²) in [5, 5.41) is 7.23. The van der Waals surface area contributed by atoms with Gasteiger partial charge in [0.2, 0.25) is 21.8 Å². The second kappa shape index (κ2) is 10.4. The molecule has 0 bridgehead atoms. The van der Waals surface area contributed by atoms with Crippen LogP contribution in [0.1, 0.15) is 24.0 Å². The molecular weight excluding hydrogens is 436 g/mol. The highest BCUT2D eigenvalue weighted by atomic mass is 32.2. The second-order valence-electron chi connectivity index (χ2n) is 7.70. The molecule has 0 saturated carbocycles. The normalized spacial score (nSPS) is 15.5. The lowest BCUT2D eigenvalue weighted by atomic mass is 10.1. The highest BCUT2D eigenvalue weighted by Gasteiger charge is 2.26. The van der Waals surface area contributed by atoms with E-state index in [4.69, 9.17) is 0 Å². The van der Waals surface area contributed by atoms with Crippen LogP contribution in [0.4, 0.5) is 5.69 Å². The predicted molar refractivity (Wildman–Crippen MR) is 122 cm³/mol. The number of aryl methyl sites for hydroxylation is 2. The number of sulfonamides is 1. The summed E-state index contributed by atoms with van der Waals surface area (Å²) in [6.45, 7) is 5.15. The van der Waals surface area contributed by atoms with Crippen molar-refractivity contribution in [3.05, 3.63) is 46.8 Å². The smallest absolute Gasteiger partial charge is 0.250 e. The first-order valence-corrected chi connectivity index (χ1v) is 12.5. The number of hydrogen-bond acceptors (Lipinski definition) is 6. The molecule has 2 amide bonds. The molecule has 1 aromatic carbocycles. The first-order valence-electron chi connectivity index (χ1n) is 10.2. The van der Waals surface area contributed by atoms with Crippen molar-refractivity contribution in [2.24, 2.45) is 0 Å². The fourth-order valence-corrected chi connectivity index (χ4v) is 5.85. The molecule has 8 nitrogen and oxygen atoms in total. The quantitative estimate of drug-likeness (QED) is 0.553. The van der Waals surface area contributed by atoms with Gasteiger partial charge in [0.1, 0.15) is 4.21 Å². The van der Waals surface area contributed by atoms with Crippen molar-refractivity contribution in [3.63, 3.8) is 0 Å². The number of carbonyl (C=O) groups is 2. The van der Waals surface area contributed by atoms with Crippen LogP contribution in [0.25, 0.3) is 0 Å². The summed E-state index contributed by atoms with van der Waals surface area (Å²) in [6, 6.07) is 8.93. The minimum Gasteiger partial charge on any atom is -0.346 e. The van der Waals surface area contributed by atoms with Crippen molar-refractivity contribution in [3.8, 4) is 0 Å². The first kappa shape index (κ1) is 23.4. The van der Waals surface area contributed by atoms with Crippen molar-refractivity contribution in [2.75, 3.05) is 31.5 Å². The molecule has 2 heterocycles. The molecule has 10 heteroatoms. The molecule has 0 unspecified atom stereocenters. The van der Waals surface area contributed by atoms with Gasteiger partial charge in [-0.1, -0.05) is 24.3 Å². The Morgan fingerprint density at radius 1 is 1.06 bits per heavy atom. The predicted octanol–water partition coefficient (Wildman–Crippen LogP) is 1.86. The highest BCUT2D eigenvalue weighted by molar-refractivity contribution is 7.91. The Labute approximate surface area is 187 Å². The summed E-state index contributed by atoms with van der Waals surface area (Å²) in [5.74, 6) is -0.498. The summed E-state index contributed by atoms with van der Waals surface area (Å²) in [6.07, 6.45) is 1.26. The van der Waals surface area contributed by atoms with E-state index in [9.17, 15) is 18.0 Å². The largest absolute Gasteiger partial charge is 0.346 e. The number of piperidine rings is 1. The number of anilines is 1. The van der Waals surface area contributed by atoms with E-state index < -0.39 is 10.0 Å². The third-order valence-electron chi connectivity index (χ3n) is 5.23. The molecule has 2 aromatic rings. The van der Waals surface area contributed by atoms with Crippen LogP contribution in [-0.4, -0.2) is 57.4 Å². The Hall–Kier alpha value is -2.27. The van der Waals surface area contributed by atoms with Crippen molar-refractivity contribution in [1.82, 2.24) is 14.9 Å². The molecule has 0 radical (unpaired) electrons. The van der Waals surface area contributed by atoms with E-state index in [1.165, 1.54) is 11.3 Å². The standard InChI is InChI=1S/C21H28N4O4S2/c1-15-5-3-6-16(2)21(15)23-18(26)13-22-19(27)14-25-10-8-17(9-11-25)24-31(28,29)20-7-4-12-30-20/h3-7,12,17,24H,8-11,13-14H2,1-2H3,(H,22,27)(H,23,26). The van der Waals surface area contributed by atoms with E-state index in [0.29, 0.717) is 30.1 Å². The van der Waals surface area contributed by atoms with E-state index >= 15 is 0 Å². The van der Waals surface area contributed by atoms with Crippen molar-refractivity contribution in [1.29, 1.82) is 0 Å². The number of benzene rings is 1. The van der Waals surface area contributed by atoms with Gasteiger partial charge in [-0.25, -0.2) is 13.1 Å². The molecule has 0 aliphatic carbocycles. The number of hydrogen-bond donors (Lipinski definition) is 3. The zero-order valence-electron chi connectivity index (χ0n) is 17.7. The highest BCUT2D eigenvalue weighted by Crippen LogP contribution is 2.20. The van der Waals surface area contributed by atoms with E-state index in [1.807, 2.05) is 36.9 Å². The number of para-hydroxylation sites is 1. The molecule has 31 heavy (non-hydrogen) atoms. The minimum absolute atomic E-state index is 0.0936. The Bertz CT molecular complexity index is 994. The maximum atomic E-state index is 12.3. The molecule has 1 aliphatic heterocycles. The van der Waals surface area contributed by atoms with Crippen molar-refractivity contribution >= 4 is 38.9 Å². The van der Waals surface area contributed by atoms with Crippen LogP contribution < -0.4 is 15.4 Å². The lowest BCUT2D eigenvalue weighted by Crippen LogP contribution is -2.47. The van der Waals surface area contributed by atoms with Crippen LogP contribution in [0.5, 0.6) is 0 Å². The third kappa shape index (κ3) is 6.60. The molecule has 1 fully saturated rings. The number of thiophene rings is 1. The van der Waals surface area contributed by atoms with Gasteiger partial charge in [-0.3, -0.25) is 14.5 Å². The molecule has 1 saturated heterocycles. The minimum atomic E-state index is -3.48. The van der Waals surface area contributed by atoms with E-state index in [1.54, 1.807) is 17.5 Å². The van der Waals surface area contributed by atoms with Crippen LogP contribution in [0.2, 0.25) is 0 Å². The van der Waals surface area contributed by atoms with Gasteiger partial charge in [0.25, 0.3) is 0 Å². The lowest BCUT2D eigenvalue weighted by Gasteiger charge is -2.31. The Balaban J connectivity index is 1.38. The number of nitrogens with one attached hydrogen (secondary N) is 3. The second-order valence-corrected chi connectivity index (χ2v) is 10.6. The maximum absolute atomic E-state index is 12.3. The summed E-state index contributed by atoms with van der Waals surface area (Å²) in [7, 11) is -3.48. The van der Waals surface area contributed by atoms with Crippen LogP contribution in [0, 0.1) is 13.8 Å². The van der Waals surface area contributed by atoms with E-state index in [0.717, 1.165) is 16.8 Å². The van der Waals surface area contributed by atoms with E-state index in [2.05, 4.69) is 15.4 Å². The van der Waals surface area contributed by atoms with Gasteiger partial charge >= 0.3 is 0 Å². The number of amides is 2. The monoisotopic (exact) mass is 464 g/mol. The summed E-state index contributed by atoms with van der Waals surface area (Å²) < 4.78 is 27.7. The molecule has 0 spiro atoms. The summed E-state index contributed by atoms with van der Waals surface area (Å²) >= 11 is 1.19. The zero-order valence-corrected chi connectivity index (χ0v) is 19.3. The van der Waals surface area contributed by atoms with Crippen molar-refractivity contribution in [2.45, 2.75) is 36.9 Å². The van der Waals surface area contributed by atoms with Gasteiger partial charge in [-0.05, 0) is 49.3 Å². The van der Waals surface area contributed by atoms with Crippen LogP contribution in [0.3, 0.4) is 0 Å². The van der Waals surface area contributed by atoms with Gasteiger partial charge < -0.3 is 10.6 Å². The van der Waals surface area contributed by atoms with E-state index in [-0.39, 0.29) is 30.9 Å². The van der Waals surface area contributed by atoms with Crippen LogP contribution >= 0.6 is 11.3 Å². The molecule has 1 aliphatic rings. The van der Waals surface area contributed by atoms with Gasteiger partial charge in [-0.15, -0.1) is 11.3 Å². The molecular formula is C21H28N4O4S2. The number of likely N-dealkylation sites (tertiary alicyclic amines) is 1. The SMILES string of the molecule is Cc1cccc(C)c1NC(=O)CNC(=O)CN1CCC(NS(=O)(=O)c2cccs2)CC1. The summed E-state index contributed by atoms with van der Waals surface area (Å²) in [4.78, 5) is 26.4. The molecule has 3 rings (SSSR count). The fraction of sp³-hybridized carbons (Fsp3) is 0.429. The number of nitrogens with zero attached hydrogens (tertiary/aromatic N) is 1. The van der Waals surface area contributed by atoms with Gasteiger partial charge in [-0.2, -0.15) is 0 Å². The molecule has 0 atom stereocenters. The van der Waals surface area contributed by atoms with Gasteiger partial charge in [0.15, 0.2) is 0 Å². The number of carbonyl (C=O) groups excluding carboxylic acids is 2. The van der Waals surface area contributed by atoms with Gasteiger partial charge in [0.05, 0.1) is 13.1 Å². The average Bonchev–Trinajstić information content (AvgIpc) is 3.27. The third-order valence-corrected chi connectivity index (χ3v) is 8.15. The average molecular weight is 465 g/mol. The maximum Gasteiger partial charge on any atom is 0.250 e. The summed E-state index contributed by atoms with van der Waals surface area (Å²) in [5.41, 5.74) is 2.71. The first-order chi connectivity index (χ1) is 14.7. The zero-order chi connectivity index (χ0) is 22.4. The van der Waals surface area contributed by atoms with Gasteiger partial charge in [0, 0.05) is 24.8 Å². The van der Waals surface area contributed by atoms with Crippen LogP contribution in [0.15, 0.2) is 39.9 Å². The molecule has 168 valence electrons. The Kier molecular flexibility index (Phi) is 7.82. The van der Waals surface area contributed by atoms with Crippen LogP contribution in [-0.2, 0) is 19.6 Å². The molecule has 1 aromatic heterocycles. The molecule has 3 N–H and O–H groups in total. The fourth-order valence-electron chi connectivity index (χ4n) is 3.54. The lowest BCUT2D eigenvalue weighted by molar-refractivity contribution is -0.125. The van der Waals surface area contributed by atoms with Crippen molar-refractivity contribution < 1.29 is 18.0 Å². The topological polar surface area (TPSA) is 108 Å². The number of rotatable bonds is 8. The Morgan fingerprint density at radius 2 is 1.74 bits per heavy atom. The Morgan fingerprint density at radius 3 is 2.35 bits per heavy atom.